The smallest absolute Gasteiger partial charge is 0.303 e. The lowest BCUT2D eigenvalue weighted by Gasteiger charge is -2.15. The molecule has 3 aromatic carbocycles. The number of aryl methyl sites for hydroxylation is 1. The van der Waals surface area contributed by atoms with Gasteiger partial charge >= 0.3 is 5.97 Å². The molecule has 1 amide bonds. The molecule has 0 aliphatic rings. The predicted octanol–water partition coefficient (Wildman–Crippen LogP) is 5.18. The first-order valence-corrected chi connectivity index (χ1v) is 11.0. The third kappa shape index (κ3) is 5.22. The maximum absolute atomic E-state index is 13.8. The summed E-state index contributed by atoms with van der Waals surface area (Å²) in [5.74, 6) is -1.59. The summed E-state index contributed by atoms with van der Waals surface area (Å²) >= 11 is 0. The van der Waals surface area contributed by atoms with E-state index < -0.39 is 11.8 Å². The third-order valence-corrected chi connectivity index (χ3v) is 5.76. The molecule has 0 bridgehead atoms. The molecule has 0 fully saturated rings. The van der Waals surface area contributed by atoms with E-state index in [9.17, 15) is 19.1 Å². The maximum atomic E-state index is 13.8. The van der Waals surface area contributed by atoms with E-state index in [1.54, 1.807) is 43.4 Å². The molecule has 0 aliphatic carbocycles. The summed E-state index contributed by atoms with van der Waals surface area (Å²) in [6.07, 6.45) is 0.326. The standard InChI is InChI=1S/C27H24FN3O4/c1-16(32)31(2)21-10-8-20(9-11-21)29-26(18-5-3-4-17(14-18)6-13-24(33)34)25-22-12-7-19(28)15-23(22)30-27(25)35/h3-5,7-12,14-15,30,35H,6,13H2,1-2H3,(H,33,34). The average Bonchev–Trinajstić information content (AvgIpc) is 3.15. The Labute approximate surface area is 201 Å². The Morgan fingerprint density at radius 1 is 1.06 bits per heavy atom. The van der Waals surface area contributed by atoms with Gasteiger partial charge in [0.25, 0.3) is 0 Å². The Morgan fingerprint density at radius 2 is 1.80 bits per heavy atom. The van der Waals surface area contributed by atoms with E-state index in [0.717, 1.165) is 5.56 Å². The number of nitrogens with zero attached hydrogens (tertiary/aromatic N) is 2. The molecule has 0 spiro atoms. The molecule has 0 unspecified atom stereocenters. The second-order valence-electron chi connectivity index (χ2n) is 8.19. The molecular weight excluding hydrogens is 449 g/mol. The summed E-state index contributed by atoms with van der Waals surface area (Å²) < 4.78 is 13.8. The van der Waals surface area contributed by atoms with Gasteiger partial charge in [-0.05, 0) is 60.5 Å². The van der Waals surface area contributed by atoms with Gasteiger partial charge in [0.1, 0.15) is 5.82 Å². The summed E-state index contributed by atoms with van der Waals surface area (Å²) in [4.78, 5) is 31.8. The van der Waals surface area contributed by atoms with Crippen molar-refractivity contribution in [1.82, 2.24) is 4.98 Å². The lowest BCUT2D eigenvalue weighted by Crippen LogP contribution is -2.22. The molecule has 0 saturated carbocycles. The molecule has 0 radical (unpaired) electrons. The Kier molecular flexibility index (Phi) is 6.64. The van der Waals surface area contributed by atoms with Crippen molar-refractivity contribution < 1.29 is 24.2 Å². The lowest BCUT2D eigenvalue weighted by molar-refractivity contribution is -0.137. The monoisotopic (exact) mass is 473 g/mol. The van der Waals surface area contributed by atoms with E-state index in [-0.39, 0.29) is 18.2 Å². The molecule has 35 heavy (non-hydrogen) atoms. The molecule has 0 saturated heterocycles. The van der Waals surface area contributed by atoms with E-state index >= 15 is 0 Å². The van der Waals surface area contributed by atoms with E-state index in [4.69, 9.17) is 10.1 Å². The molecule has 3 N–H and O–H groups in total. The number of carbonyl (C=O) groups is 2. The summed E-state index contributed by atoms with van der Waals surface area (Å²) in [6.45, 7) is 1.48. The summed E-state index contributed by atoms with van der Waals surface area (Å²) in [5, 5.41) is 20.4. The summed E-state index contributed by atoms with van der Waals surface area (Å²) in [7, 11) is 1.68. The SMILES string of the molecule is CC(=O)N(C)c1ccc(N=C(c2cccc(CCC(=O)O)c2)c2c(O)[nH]c3cc(F)ccc23)cc1. The second-order valence-corrected chi connectivity index (χ2v) is 8.19. The van der Waals surface area contributed by atoms with Crippen molar-refractivity contribution >= 4 is 39.9 Å². The molecule has 7 nitrogen and oxygen atoms in total. The maximum Gasteiger partial charge on any atom is 0.303 e. The highest BCUT2D eigenvalue weighted by Gasteiger charge is 2.19. The van der Waals surface area contributed by atoms with Gasteiger partial charge in [0.2, 0.25) is 5.91 Å². The number of hydrogen-bond acceptors (Lipinski definition) is 4. The first kappa shape index (κ1) is 23.7. The van der Waals surface area contributed by atoms with Crippen LogP contribution in [0.3, 0.4) is 0 Å². The van der Waals surface area contributed by atoms with Crippen LogP contribution < -0.4 is 4.90 Å². The zero-order valence-corrected chi connectivity index (χ0v) is 19.2. The molecule has 1 aromatic heterocycles. The van der Waals surface area contributed by atoms with E-state index in [1.165, 1.54) is 24.0 Å². The number of aliphatic imine (C=N–C) groups is 1. The van der Waals surface area contributed by atoms with Gasteiger partial charge in [-0.3, -0.25) is 9.59 Å². The van der Waals surface area contributed by atoms with Crippen molar-refractivity contribution in [3.63, 3.8) is 0 Å². The van der Waals surface area contributed by atoms with Crippen molar-refractivity contribution in [2.24, 2.45) is 4.99 Å². The van der Waals surface area contributed by atoms with Gasteiger partial charge < -0.3 is 20.1 Å². The highest BCUT2D eigenvalue weighted by molar-refractivity contribution is 6.22. The minimum Gasteiger partial charge on any atom is -0.494 e. The van der Waals surface area contributed by atoms with Gasteiger partial charge in [0.05, 0.1) is 22.5 Å². The number of rotatable bonds is 7. The number of benzene rings is 3. The van der Waals surface area contributed by atoms with Gasteiger partial charge in [0, 0.05) is 37.0 Å². The third-order valence-electron chi connectivity index (χ3n) is 5.76. The van der Waals surface area contributed by atoms with E-state index in [2.05, 4.69) is 4.98 Å². The molecule has 0 aliphatic heterocycles. The van der Waals surface area contributed by atoms with Crippen LogP contribution in [0.25, 0.3) is 10.9 Å². The van der Waals surface area contributed by atoms with Gasteiger partial charge in [-0.15, -0.1) is 0 Å². The van der Waals surface area contributed by atoms with Crippen LogP contribution in [0.4, 0.5) is 15.8 Å². The molecule has 178 valence electrons. The lowest BCUT2D eigenvalue weighted by atomic mass is 9.97. The quantitative estimate of drug-likeness (QED) is 0.322. The number of carboxylic acids is 1. The van der Waals surface area contributed by atoms with E-state index in [0.29, 0.717) is 45.5 Å². The fraction of sp³-hybridized carbons (Fsp3) is 0.148. The van der Waals surface area contributed by atoms with Gasteiger partial charge in [0.15, 0.2) is 5.88 Å². The first-order chi connectivity index (χ1) is 16.7. The van der Waals surface area contributed by atoms with Crippen LogP contribution in [0.15, 0.2) is 71.7 Å². The number of H-pyrrole nitrogens is 1. The Balaban J connectivity index is 1.86. The zero-order valence-electron chi connectivity index (χ0n) is 19.2. The number of aromatic amines is 1. The topological polar surface area (TPSA) is 106 Å². The predicted molar refractivity (Wildman–Crippen MR) is 133 cm³/mol. The molecule has 1 heterocycles. The Hall–Kier alpha value is -4.46. The first-order valence-electron chi connectivity index (χ1n) is 11.0. The Bertz CT molecular complexity index is 1440. The number of nitrogens with one attached hydrogen (secondary N) is 1. The number of aliphatic carboxylic acids is 1. The largest absolute Gasteiger partial charge is 0.494 e. The van der Waals surface area contributed by atoms with Crippen molar-refractivity contribution in [3.8, 4) is 5.88 Å². The number of anilines is 1. The van der Waals surface area contributed by atoms with Crippen molar-refractivity contribution in [3.05, 3.63) is 89.2 Å². The second kappa shape index (κ2) is 9.80. The van der Waals surface area contributed by atoms with Crippen LogP contribution in [0.2, 0.25) is 0 Å². The molecule has 0 atom stereocenters. The van der Waals surface area contributed by atoms with E-state index in [1.807, 2.05) is 18.2 Å². The van der Waals surface area contributed by atoms with Crippen LogP contribution >= 0.6 is 0 Å². The number of halogens is 1. The normalized spacial score (nSPS) is 11.6. The fourth-order valence-electron chi connectivity index (χ4n) is 3.85. The number of aromatic hydroxyl groups is 1. The number of carbonyl (C=O) groups excluding carboxylic acids is 1. The number of fused-ring (bicyclic) bond motifs is 1. The molecule has 8 heteroatoms. The van der Waals surface area contributed by atoms with Crippen molar-refractivity contribution in [1.29, 1.82) is 0 Å². The van der Waals surface area contributed by atoms with Crippen molar-refractivity contribution in [2.45, 2.75) is 19.8 Å². The number of hydrogen-bond donors (Lipinski definition) is 3. The van der Waals surface area contributed by atoms with Gasteiger partial charge in [-0.1, -0.05) is 18.2 Å². The summed E-state index contributed by atoms with van der Waals surface area (Å²) in [6, 6.07) is 18.5. The van der Waals surface area contributed by atoms with Crippen LogP contribution in [0.5, 0.6) is 5.88 Å². The van der Waals surface area contributed by atoms with Crippen LogP contribution in [0, 0.1) is 5.82 Å². The Morgan fingerprint density at radius 3 is 2.49 bits per heavy atom. The van der Waals surface area contributed by atoms with Gasteiger partial charge in [-0.25, -0.2) is 9.38 Å². The molecule has 4 aromatic rings. The molecule has 4 rings (SSSR count). The van der Waals surface area contributed by atoms with Gasteiger partial charge in [-0.2, -0.15) is 0 Å². The minimum atomic E-state index is -0.892. The number of aromatic nitrogens is 1. The van der Waals surface area contributed by atoms with Crippen molar-refractivity contribution in [2.75, 3.05) is 11.9 Å². The highest BCUT2D eigenvalue weighted by Crippen LogP contribution is 2.32. The van der Waals surface area contributed by atoms with Crippen LogP contribution in [-0.2, 0) is 16.0 Å². The summed E-state index contributed by atoms with van der Waals surface area (Å²) in [5.41, 5.74) is 4.02. The van der Waals surface area contributed by atoms with Crippen LogP contribution in [-0.4, -0.2) is 39.8 Å². The number of amides is 1. The molecular formula is C27H24FN3O4. The average molecular weight is 474 g/mol. The highest BCUT2D eigenvalue weighted by atomic mass is 19.1. The number of carboxylic acid groups (broad SMARTS) is 1. The zero-order chi connectivity index (χ0) is 25.1. The minimum absolute atomic E-state index is 0.0152. The fourth-order valence-corrected chi connectivity index (χ4v) is 3.85. The van der Waals surface area contributed by atoms with Crippen LogP contribution in [0.1, 0.15) is 30.0 Å².